The van der Waals surface area contributed by atoms with Crippen molar-refractivity contribution in [1.29, 1.82) is 0 Å². The first kappa shape index (κ1) is 24.9. The molecule has 2 aliphatic heterocycles. The van der Waals surface area contributed by atoms with Crippen molar-refractivity contribution in [3.63, 3.8) is 0 Å². The van der Waals surface area contributed by atoms with Gasteiger partial charge in [-0.15, -0.1) is 5.10 Å². The third kappa shape index (κ3) is 4.42. The summed E-state index contributed by atoms with van der Waals surface area (Å²) in [4.78, 5) is 2.24. The quantitative estimate of drug-likeness (QED) is 0.426. The van der Waals surface area contributed by atoms with Gasteiger partial charge in [-0.1, -0.05) is 62.2 Å². The van der Waals surface area contributed by atoms with Crippen LogP contribution in [0.5, 0.6) is 17.2 Å². The Kier molecular flexibility index (Phi) is 6.61. The van der Waals surface area contributed by atoms with Crippen LogP contribution in [0.1, 0.15) is 55.4 Å². The molecule has 0 N–H and O–H groups in total. The molecule has 3 aromatic rings. The molecule has 190 valence electrons. The second-order valence-electron chi connectivity index (χ2n) is 10.2. The first-order valence-electron chi connectivity index (χ1n) is 11.8. The molecule has 2 unspecified atom stereocenters. The topological polar surface area (TPSA) is 74.5 Å². The lowest BCUT2D eigenvalue weighted by molar-refractivity contribution is 0.170. The molecule has 2 aliphatic rings. The highest BCUT2D eigenvalue weighted by Gasteiger charge is 2.39. The second-order valence-corrected chi connectivity index (χ2v) is 11.0. The molecule has 0 radical (unpaired) electrons. The summed E-state index contributed by atoms with van der Waals surface area (Å²) in [7, 11) is 3.73. The van der Waals surface area contributed by atoms with Gasteiger partial charge in [-0.2, -0.15) is 0 Å². The number of likely N-dealkylation sites (N-methyl/N-ethyl adjacent to an activating group) is 1. The fourth-order valence-corrected chi connectivity index (χ4v) is 5.38. The van der Waals surface area contributed by atoms with E-state index in [0.717, 1.165) is 35.5 Å². The van der Waals surface area contributed by atoms with Crippen molar-refractivity contribution < 1.29 is 14.2 Å². The lowest BCUT2D eigenvalue weighted by Gasteiger charge is -2.36. The largest absolute Gasteiger partial charge is 0.492 e. The molecule has 0 saturated carbocycles. The minimum absolute atomic E-state index is 0.159. The average molecular weight is 530 g/mol. The Morgan fingerprint density at radius 2 is 2.00 bits per heavy atom. The zero-order valence-electron chi connectivity index (χ0n) is 21.0. The summed E-state index contributed by atoms with van der Waals surface area (Å²) in [5, 5.41) is 14.3. The van der Waals surface area contributed by atoms with Gasteiger partial charge in [0, 0.05) is 22.2 Å². The fraction of sp³-hybridized carbons (Fsp3) is 0.423. The standard InChI is InChI=1S/C26H29Cl2N5O3/c1-26(2,3)20(9-7-15-6-8-17(27)13-18(15)28)33-25(29-30-31-33)22-21-16(10-11-32(22)4)12-19-23(24(21)34-5)36-14-35-19/h6-9,12-13,20,22H,10-11,14H2,1-5H3/b9-7+. The van der Waals surface area contributed by atoms with E-state index >= 15 is 0 Å². The van der Waals surface area contributed by atoms with Gasteiger partial charge in [-0.05, 0) is 58.6 Å². The lowest BCUT2D eigenvalue weighted by atomic mass is 9.85. The van der Waals surface area contributed by atoms with E-state index < -0.39 is 0 Å². The zero-order chi connectivity index (χ0) is 25.6. The zero-order valence-corrected chi connectivity index (χ0v) is 22.5. The number of fused-ring (bicyclic) bond motifs is 2. The van der Waals surface area contributed by atoms with Crippen molar-refractivity contribution in [3.8, 4) is 17.2 Å². The molecule has 0 fully saturated rings. The molecular formula is C26H29Cl2N5O3. The van der Waals surface area contributed by atoms with Crippen LogP contribution in [0.3, 0.4) is 0 Å². The van der Waals surface area contributed by atoms with Gasteiger partial charge in [0.05, 0.1) is 13.2 Å². The molecule has 0 bridgehead atoms. The van der Waals surface area contributed by atoms with Gasteiger partial charge in [0.25, 0.3) is 0 Å². The first-order valence-corrected chi connectivity index (χ1v) is 12.5. The Hall–Kier alpha value is -2.81. The van der Waals surface area contributed by atoms with Crippen molar-refractivity contribution >= 4 is 29.3 Å². The van der Waals surface area contributed by atoms with Crippen molar-refractivity contribution in [2.45, 2.75) is 39.3 Å². The Balaban J connectivity index is 1.61. The number of halogens is 2. The monoisotopic (exact) mass is 529 g/mol. The van der Waals surface area contributed by atoms with Crippen LogP contribution in [-0.2, 0) is 6.42 Å². The molecule has 0 aliphatic carbocycles. The number of hydrogen-bond donors (Lipinski definition) is 0. The highest BCUT2D eigenvalue weighted by atomic mass is 35.5. The SMILES string of the molecule is COc1c2c(cc3c1C(c1nnnn1C(/C=C/c1ccc(Cl)cc1Cl)C(C)(C)C)N(C)CC3)OCO2. The molecule has 3 heterocycles. The van der Waals surface area contributed by atoms with Crippen LogP contribution in [0.2, 0.25) is 10.0 Å². The Labute approximate surface area is 220 Å². The van der Waals surface area contributed by atoms with E-state index in [-0.39, 0.29) is 24.3 Å². The normalized spacial score (nSPS) is 18.5. The molecule has 2 aromatic carbocycles. The van der Waals surface area contributed by atoms with E-state index in [1.807, 2.05) is 22.9 Å². The van der Waals surface area contributed by atoms with Crippen LogP contribution in [0.15, 0.2) is 30.3 Å². The highest BCUT2D eigenvalue weighted by Crippen LogP contribution is 2.51. The second kappa shape index (κ2) is 9.57. The summed E-state index contributed by atoms with van der Waals surface area (Å²) < 4.78 is 19.2. The predicted octanol–water partition coefficient (Wildman–Crippen LogP) is 5.60. The molecule has 36 heavy (non-hydrogen) atoms. The molecule has 10 heteroatoms. The molecule has 0 amide bonds. The van der Waals surface area contributed by atoms with E-state index in [0.29, 0.717) is 27.3 Å². The van der Waals surface area contributed by atoms with Gasteiger partial charge in [-0.25, -0.2) is 4.68 Å². The third-order valence-electron chi connectivity index (χ3n) is 6.73. The smallest absolute Gasteiger partial charge is 0.231 e. The molecule has 8 nitrogen and oxygen atoms in total. The van der Waals surface area contributed by atoms with Crippen LogP contribution in [0, 0.1) is 5.41 Å². The van der Waals surface area contributed by atoms with Crippen LogP contribution < -0.4 is 14.2 Å². The Morgan fingerprint density at radius 3 is 2.72 bits per heavy atom. The molecular weight excluding hydrogens is 501 g/mol. The average Bonchev–Trinajstić information content (AvgIpc) is 3.48. The van der Waals surface area contributed by atoms with Crippen LogP contribution in [-0.4, -0.2) is 52.6 Å². The van der Waals surface area contributed by atoms with Gasteiger partial charge in [-0.3, -0.25) is 4.90 Å². The number of ether oxygens (including phenoxy) is 3. The number of aromatic nitrogens is 4. The number of nitrogens with zero attached hydrogens (tertiary/aromatic N) is 5. The van der Waals surface area contributed by atoms with E-state index in [2.05, 4.69) is 60.4 Å². The number of allylic oxidation sites excluding steroid dienone is 1. The van der Waals surface area contributed by atoms with Crippen LogP contribution in [0.25, 0.3) is 6.08 Å². The third-order valence-corrected chi connectivity index (χ3v) is 7.29. The number of hydrogen-bond acceptors (Lipinski definition) is 7. The van der Waals surface area contributed by atoms with E-state index in [1.165, 1.54) is 0 Å². The van der Waals surface area contributed by atoms with Gasteiger partial charge >= 0.3 is 0 Å². The lowest BCUT2D eigenvalue weighted by Crippen LogP contribution is -2.36. The predicted molar refractivity (Wildman–Crippen MR) is 139 cm³/mol. The van der Waals surface area contributed by atoms with Gasteiger partial charge in [0.1, 0.15) is 6.04 Å². The first-order chi connectivity index (χ1) is 17.2. The summed E-state index contributed by atoms with van der Waals surface area (Å²) in [6, 6.07) is 7.13. The molecule has 1 aromatic heterocycles. The summed E-state index contributed by atoms with van der Waals surface area (Å²) in [5.41, 5.74) is 2.82. The highest BCUT2D eigenvalue weighted by molar-refractivity contribution is 6.35. The summed E-state index contributed by atoms with van der Waals surface area (Å²) >= 11 is 12.5. The van der Waals surface area contributed by atoms with E-state index in [9.17, 15) is 0 Å². The minimum Gasteiger partial charge on any atom is -0.492 e. The summed E-state index contributed by atoms with van der Waals surface area (Å²) in [6.45, 7) is 7.50. The van der Waals surface area contributed by atoms with Gasteiger partial charge in [0.2, 0.25) is 12.5 Å². The molecule has 0 saturated heterocycles. The van der Waals surface area contributed by atoms with Crippen molar-refractivity contribution in [1.82, 2.24) is 25.1 Å². The Bertz CT molecular complexity index is 1320. The van der Waals surface area contributed by atoms with Gasteiger partial charge < -0.3 is 14.2 Å². The number of tetrazole rings is 1. The maximum Gasteiger partial charge on any atom is 0.231 e. The van der Waals surface area contributed by atoms with Crippen LogP contribution >= 0.6 is 23.2 Å². The number of methoxy groups -OCH3 is 1. The van der Waals surface area contributed by atoms with Crippen molar-refractivity contribution in [2.24, 2.45) is 5.41 Å². The van der Waals surface area contributed by atoms with Crippen LogP contribution in [0.4, 0.5) is 0 Å². The molecule has 2 atom stereocenters. The Morgan fingerprint density at radius 1 is 1.19 bits per heavy atom. The fourth-order valence-electron chi connectivity index (χ4n) is 4.91. The summed E-state index contributed by atoms with van der Waals surface area (Å²) in [6.07, 6.45) is 4.95. The van der Waals surface area contributed by atoms with Gasteiger partial charge in [0.15, 0.2) is 17.3 Å². The minimum atomic E-state index is -0.231. The van der Waals surface area contributed by atoms with Crippen molar-refractivity contribution in [2.75, 3.05) is 27.5 Å². The number of rotatable bonds is 5. The summed E-state index contributed by atoms with van der Waals surface area (Å²) in [5.74, 6) is 2.73. The molecule has 0 spiro atoms. The maximum absolute atomic E-state index is 6.43. The molecule has 5 rings (SSSR count). The van der Waals surface area contributed by atoms with E-state index in [1.54, 1.807) is 13.2 Å². The van der Waals surface area contributed by atoms with Crippen molar-refractivity contribution in [3.05, 3.63) is 62.9 Å². The number of benzene rings is 2. The maximum atomic E-state index is 6.43. The van der Waals surface area contributed by atoms with E-state index in [4.69, 9.17) is 37.4 Å².